The lowest BCUT2D eigenvalue weighted by atomic mass is 9.99. The van der Waals surface area contributed by atoms with Crippen LogP contribution >= 0.6 is 11.8 Å². The van der Waals surface area contributed by atoms with Gasteiger partial charge < -0.3 is 15.3 Å². The Bertz CT molecular complexity index is 571. The van der Waals surface area contributed by atoms with Gasteiger partial charge in [0, 0.05) is 37.7 Å². The highest BCUT2D eigenvalue weighted by Crippen LogP contribution is 2.16. The highest BCUT2D eigenvalue weighted by atomic mass is 32.2. The van der Waals surface area contributed by atoms with Crippen molar-refractivity contribution < 1.29 is 19.1 Å². The molecule has 2 rings (SSSR count). The van der Waals surface area contributed by atoms with Gasteiger partial charge in [0.25, 0.3) is 0 Å². The molecule has 1 aliphatic rings. The van der Waals surface area contributed by atoms with Crippen LogP contribution < -0.4 is 5.32 Å². The van der Waals surface area contributed by atoms with E-state index in [0.717, 1.165) is 12.8 Å². The molecule has 2 amide bonds. The number of benzene rings is 1. The minimum atomic E-state index is -0.611. The zero-order valence-corrected chi connectivity index (χ0v) is 14.4. The third-order valence-electron chi connectivity index (χ3n) is 4.01. The average molecular weight is 354 g/mol. The summed E-state index contributed by atoms with van der Waals surface area (Å²) in [5.41, 5.74) is 0.633. The summed E-state index contributed by atoms with van der Waals surface area (Å²) < 4.78 is 13.4. The summed E-state index contributed by atoms with van der Waals surface area (Å²) >= 11 is 1.50. The van der Waals surface area contributed by atoms with Crippen LogP contribution in [-0.2, 0) is 15.3 Å². The molecule has 0 radical (unpaired) electrons. The first-order valence-electron chi connectivity index (χ1n) is 8.11. The van der Waals surface area contributed by atoms with E-state index in [1.807, 2.05) is 0 Å². The van der Waals surface area contributed by atoms with E-state index in [9.17, 15) is 19.1 Å². The van der Waals surface area contributed by atoms with Crippen LogP contribution in [0.4, 0.5) is 4.39 Å². The summed E-state index contributed by atoms with van der Waals surface area (Å²) in [6.45, 7) is 1.40. The van der Waals surface area contributed by atoms with Crippen molar-refractivity contribution in [3.63, 3.8) is 0 Å². The van der Waals surface area contributed by atoms with Gasteiger partial charge in [-0.05, 0) is 30.4 Å². The Morgan fingerprint density at radius 3 is 2.92 bits per heavy atom. The molecule has 0 spiro atoms. The van der Waals surface area contributed by atoms with Crippen LogP contribution in [0.1, 0.15) is 18.4 Å². The molecular formula is C17H23FN2O3S. The first-order valence-corrected chi connectivity index (χ1v) is 9.26. The van der Waals surface area contributed by atoms with Gasteiger partial charge in [0.1, 0.15) is 5.82 Å². The topological polar surface area (TPSA) is 69.6 Å². The molecule has 2 N–H and O–H groups in total. The maximum Gasteiger partial charge on any atom is 0.311 e. The fourth-order valence-electron chi connectivity index (χ4n) is 2.65. The molecule has 1 atom stereocenters. The minimum absolute atomic E-state index is 0.0398. The molecule has 1 unspecified atom stereocenters. The predicted molar refractivity (Wildman–Crippen MR) is 92.0 cm³/mol. The lowest BCUT2D eigenvalue weighted by Crippen LogP contribution is -2.48. The third-order valence-corrected chi connectivity index (χ3v) is 5.01. The Labute approximate surface area is 145 Å². The third kappa shape index (κ3) is 5.49. The largest absolute Gasteiger partial charge is 0.396 e. The van der Waals surface area contributed by atoms with E-state index in [4.69, 9.17) is 0 Å². The second-order valence-corrected chi connectivity index (χ2v) is 6.95. The first-order chi connectivity index (χ1) is 11.6. The number of hydrogen-bond acceptors (Lipinski definition) is 4. The van der Waals surface area contributed by atoms with E-state index in [-0.39, 0.29) is 18.3 Å². The molecule has 24 heavy (non-hydrogen) atoms. The summed E-state index contributed by atoms with van der Waals surface area (Å²) in [6.07, 6.45) is 1.69. The number of aliphatic hydroxyl groups excluding tert-OH is 1. The zero-order chi connectivity index (χ0) is 17.4. The van der Waals surface area contributed by atoms with Crippen LogP contribution in [0.25, 0.3) is 0 Å². The van der Waals surface area contributed by atoms with Crippen LogP contribution in [0.15, 0.2) is 24.3 Å². The van der Waals surface area contributed by atoms with E-state index in [0.29, 0.717) is 36.7 Å². The second kappa shape index (κ2) is 9.64. The molecule has 1 fully saturated rings. The molecule has 1 aromatic carbocycles. The van der Waals surface area contributed by atoms with Crippen LogP contribution in [0.5, 0.6) is 0 Å². The fourth-order valence-corrected chi connectivity index (χ4v) is 3.50. The van der Waals surface area contributed by atoms with Gasteiger partial charge >= 0.3 is 11.8 Å². The maximum absolute atomic E-state index is 13.4. The Morgan fingerprint density at radius 2 is 2.17 bits per heavy atom. The van der Waals surface area contributed by atoms with Crippen molar-refractivity contribution in [1.82, 2.24) is 10.2 Å². The molecule has 0 aliphatic carbocycles. The van der Waals surface area contributed by atoms with Crippen LogP contribution in [0, 0.1) is 11.7 Å². The number of likely N-dealkylation sites (tertiary alicyclic amines) is 1. The first kappa shape index (κ1) is 18.7. The number of hydrogen-bond donors (Lipinski definition) is 2. The van der Waals surface area contributed by atoms with Gasteiger partial charge in [-0.3, -0.25) is 9.59 Å². The number of rotatable bonds is 6. The standard InChI is InChI=1S/C17H23FN2O3S/c18-15-6-2-1-5-14(15)12-24-9-7-19-16(22)17(23)20-8-3-4-13(10-20)11-21/h1-2,5-6,13,21H,3-4,7-12H2,(H,19,22). The van der Waals surface area contributed by atoms with Crippen molar-refractivity contribution in [3.05, 3.63) is 35.6 Å². The number of nitrogens with zero attached hydrogens (tertiary/aromatic N) is 1. The van der Waals surface area contributed by atoms with Gasteiger partial charge in [-0.25, -0.2) is 4.39 Å². The number of nitrogens with one attached hydrogen (secondary N) is 1. The number of carbonyl (C=O) groups excluding carboxylic acids is 2. The predicted octanol–water partition coefficient (Wildman–Crippen LogP) is 1.41. The van der Waals surface area contributed by atoms with E-state index in [1.54, 1.807) is 18.2 Å². The smallest absolute Gasteiger partial charge is 0.311 e. The molecule has 0 aromatic heterocycles. The molecule has 0 saturated carbocycles. The van der Waals surface area contributed by atoms with E-state index >= 15 is 0 Å². The summed E-state index contributed by atoms with van der Waals surface area (Å²) in [5, 5.41) is 11.8. The number of piperidine rings is 1. The Morgan fingerprint density at radius 1 is 1.38 bits per heavy atom. The Balaban J connectivity index is 1.65. The summed E-state index contributed by atoms with van der Waals surface area (Å²) in [5.74, 6) is -0.181. The van der Waals surface area contributed by atoms with Gasteiger partial charge in [-0.15, -0.1) is 0 Å². The molecular weight excluding hydrogens is 331 g/mol. The molecule has 1 aromatic rings. The Hall–Kier alpha value is -1.60. The maximum atomic E-state index is 13.4. The number of carbonyl (C=O) groups is 2. The van der Waals surface area contributed by atoms with Gasteiger partial charge in [0.2, 0.25) is 0 Å². The summed E-state index contributed by atoms with van der Waals surface area (Å²) in [7, 11) is 0. The van der Waals surface area contributed by atoms with Crippen LogP contribution in [0.3, 0.4) is 0 Å². The molecule has 0 bridgehead atoms. The van der Waals surface area contributed by atoms with Gasteiger partial charge in [0.15, 0.2) is 0 Å². The highest BCUT2D eigenvalue weighted by Gasteiger charge is 2.27. The van der Waals surface area contributed by atoms with E-state index in [1.165, 1.54) is 22.7 Å². The molecule has 1 saturated heterocycles. The quantitative estimate of drug-likeness (QED) is 0.599. The monoisotopic (exact) mass is 354 g/mol. The van der Waals surface area contributed by atoms with Gasteiger partial charge in [0.05, 0.1) is 0 Å². The van der Waals surface area contributed by atoms with E-state index in [2.05, 4.69) is 5.32 Å². The molecule has 1 aliphatic heterocycles. The lowest BCUT2D eigenvalue weighted by Gasteiger charge is -2.31. The molecule has 132 valence electrons. The van der Waals surface area contributed by atoms with Gasteiger partial charge in [-0.1, -0.05) is 18.2 Å². The van der Waals surface area contributed by atoms with Crippen molar-refractivity contribution in [2.24, 2.45) is 5.92 Å². The molecule has 5 nitrogen and oxygen atoms in total. The lowest BCUT2D eigenvalue weighted by molar-refractivity contribution is -0.147. The van der Waals surface area contributed by atoms with E-state index < -0.39 is 11.8 Å². The van der Waals surface area contributed by atoms with Crippen molar-refractivity contribution in [3.8, 4) is 0 Å². The molecule has 1 heterocycles. The van der Waals surface area contributed by atoms with Crippen molar-refractivity contribution in [1.29, 1.82) is 0 Å². The van der Waals surface area contributed by atoms with Gasteiger partial charge in [-0.2, -0.15) is 11.8 Å². The zero-order valence-electron chi connectivity index (χ0n) is 13.5. The normalized spacial score (nSPS) is 17.6. The molecule has 7 heteroatoms. The van der Waals surface area contributed by atoms with Crippen LogP contribution in [0.2, 0.25) is 0 Å². The number of thioether (sulfide) groups is 1. The highest BCUT2D eigenvalue weighted by molar-refractivity contribution is 7.98. The SMILES string of the molecule is O=C(NCCSCc1ccccc1F)C(=O)N1CCCC(CO)C1. The van der Waals surface area contributed by atoms with Crippen molar-refractivity contribution >= 4 is 23.6 Å². The van der Waals surface area contributed by atoms with Crippen molar-refractivity contribution in [2.45, 2.75) is 18.6 Å². The number of halogens is 1. The fraction of sp³-hybridized carbons (Fsp3) is 0.529. The average Bonchev–Trinajstić information content (AvgIpc) is 2.62. The minimum Gasteiger partial charge on any atom is -0.396 e. The van der Waals surface area contributed by atoms with Crippen LogP contribution in [-0.4, -0.2) is 53.8 Å². The second-order valence-electron chi connectivity index (χ2n) is 5.84. The number of aliphatic hydroxyl groups is 1. The summed E-state index contributed by atoms with van der Waals surface area (Å²) in [6, 6.07) is 6.60. The summed E-state index contributed by atoms with van der Waals surface area (Å²) in [4.78, 5) is 25.5. The number of amides is 2. The Kier molecular flexibility index (Phi) is 7.52. The van der Waals surface area contributed by atoms with Crippen molar-refractivity contribution in [2.75, 3.05) is 32.0 Å².